The third-order valence-electron chi connectivity index (χ3n) is 3.86. The van der Waals surface area contributed by atoms with Crippen molar-refractivity contribution in [2.75, 3.05) is 12.8 Å². The Morgan fingerprint density at radius 1 is 1.19 bits per heavy atom. The summed E-state index contributed by atoms with van der Waals surface area (Å²) in [4.78, 5) is 31.3. The molecule has 138 valence electrons. The van der Waals surface area contributed by atoms with Gasteiger partial charge in [-0.3, -0.25) is 19.1 Å². The van der Waals surface area contributed by atoms with Crippen molar-refractivity contribution >= 4 is 12.0 Å². The lowest BCUT2D eigenvalue weighted by Crippen LogP contribution is -2.18. The van der Waals surface area contributed by atoms with E-state index in [0.29, 0.717) is 12.0 Å². The SMILES string of the molecule is COc1cnc(C(F)F)cc1-c1cc(-n2ccc(N)cc2=O)ncc1C=O. The van der Waals surface area contributed by atoms with Crippen molar-refractivity contribution in [3.63, 3.8) is 0 Å². The van der Waals surface area contributed by atoms with E-state index in [9.17, 15) is 18.4 Å². The summed E-state index contributed by atoms with van der Waals surface area (Å²) >= 11 is 0. The van der Waals surface area contributed by atoms with Crippen LogP contribution in [-0.2, 0) is 0 Å². The molecule has 3 aromatic heterocycles. The molecule has 3 heterocycles. The van der Waals surface area contributed by atoms with Gasteiger partial charge in [0.1, 0.15) is 17.3 Å². The quantitative estimate of drug-likeness (QED) is 0.691. The minimum atomic E-state index is -2.80. The average Bonchev–Trinajstić information content (AvgIpc) is 2.67. The molecule has 0 aliphatic heterocycles. The highest BCUT2D eigenvalue weighted by molar-refractivity contribution is 5.89. The van der Waals surface area contributed by atoms with Crippen LogP contribution >= 0.6 is 0 Å². The van der Waals surface area contributed by atoms with E-state index in [1.807, 2.05) is 0 Å². The first-order chi connectivity index (χ1) is 12.9. The molecule has 0 aliphatic carbocycles. The topological polar surface area (TPSA) is 100 Å². The van der Waals surface area contributed by atoms with Crippen LogP contribution in [0.4, 0.5) is 14.5 Å². The summed E-state index contributed by atoms with van der Waals surface area (Å²) < 4.78 is 32.6. The first-order valence-corrected chi connectivity index (χ1v) is 7.71. The number of pyridine rings is 3. The standard InChI is InChI=1S/C18H14F2N4O3/c1-27-15-8-22-14(18(19)20)5-13(15)12-6-16(23-7-10(12)9-25)24-3-2-11(21)4-17(24)26/h2-9,18H,21H2,1H3. The van der Waals surface area contributed by atoms with Gasteiger partial charge in [-0.2, -0.15) is 0 Å². The van der Waals surface area contributed by atoms with Crippen LogP contribution in [0.2, 0.25) is 0 Å². The van der Waals surface area contributed by atoms with Crippen molar-refractivity contribution in [1.29, 1.82) is 0 Å². The highest BCUT2D eigenvalue weighted by Gasteiger charge is 2.18. The number of aldehydes is 1. The van der Waals surface area contributed by atoms with Gasteiger partial charge in [0.25, 0.3) is 12.0 Å². The maximum absolute atomic E-state index is 13.1. The minimum Gasteiger partial charge on any atom is -0.494 e. The zero-order chi connectivity index (χ0) is 19.6. The van der Waals surface area contributed by atoms with Crippen molar-refractivity contribution in [2.24, 2.45) is 0 Å². The molecule has 0 unspecified atom stereocenters. The number of halogens is 2. The predicted molar refractivity (Wildman–Crippen MR) is 94.4 cm³/mol. The molecule has 3 rings (SSSR count). The van der Waals surface area contributed by atoms with Gasteiger partial charge in [0.05, 0.1) is 13.3 Å². The molecule has 0 fully saturated rings. The van der Waals surface area contributed by atoms with Gasteiger partial charge in [0.15, 0.2) is 6.29 Å². The molecule has 0 amide bonds. The minimum absolute atomic E-state index is 0.145. The normalized spacial score (nSPS) is 10.8. The highest BCUT2D eigenvalue weighted by atomic mass is 19.3. The summed E-state index contributed by atoms with van der Waals surface area (Å²) in [7, 11) is 1.36. The molecule has 0 aromatic carbocycles. The van der Waals surface area contributed by atoms with E-state index in [1.165, 1.54) is 42.3 Å². The average molecular weight is 372 g/mol. The van der Waals surface area contributed by atoms with Gasteiger partial charge >= 0.3 is 0 Å². The second kappa shape index (κ2) is 7.32. The lowest BCUT2D eigenvalue weighted by Gasteiger charge is -2.13. The zero-order valence-electron chi connectivity index (χ0n) is 14.1. The Kier molecular flexibility index (Phi) is 4.93. The molecule has 0 atom stereocenters. The first kappa shape index (κ1) is 18.2. The second-order valence-electron chi connectivity index (χ2n) is 5.53. The molecule has 7 nitrogen and oxygen atoms in total. The van der Waals surface area contributed by atoms with E-state index < -0.39 is 17.7 Å². The van der Waals surface area contributed by atoms with Crippen molar-refractivity contribution in [3.05, 3.63) is 64.5 Å². The lowest BCUT2D eigenvalue weighted by molar-refractivity contribution is 0.112. The number of rotatable bonds is 5. The van der Waals surface area contributed by atoms with Crippen LogP contribution in [0.15, 0.2) is 47.7 Å². The number of nitrogens with two attached hydrogens (primary N) is 1. The number of methoxy groups -OCH3 is 1. The molecule has 0 saturated carbocycles. The number of anilines is 1. The number of nitrogen functional groups attached to an aromatic ring is 1. The number of hydrogen-bond acceptors (Lipinski definition) is 6. The number of alkyl halides is 2. The van der Waals surface area contributed by atoms with Crippen LogP contribution in [-0.4, -0.2) is 27.9 Å². The number of carbonyl (C=O) groups is 1. The van der Waals surface area contributed by atoms with Gasteiger partial charge in [-0.25, -0.2) is 13.8 Å². The molecule has 3 aromatic rings. The fourth-order valence-corrected chi connectivity index (χ4v) is 2.55. The van der Waals surface area contributed by atoms with Crippen molar-refractivity contribution in [2.45, 2.75) is 6.43 Å². The third kappa shape index (κ3) is 3.52. The van der Waals surface area contributed by atoms with Crippen LogP contribution in [0.25, 0.3) is 16.9 Å². The second-order valence-corrected chi connectivity index (χ2v) is 5.53. The molecule has 0 saturated heterocycles. The molecule has 2 N–H and O–H groups in total. The van der Waals surface area contributed by atoms with Crippen LogP contribution in [0.3, 0.4) is 0 Å². The van der Waals surface area contributed by atoms with E-state index in [4.69, 9.17) is 10.5 Å². The Labute approximate surface area is 152 Å². The lowest BCUT2D eigenvalue weighted by atomic mass is 10.0. The summed E-state index contributed by atoms with van der Waals surface area (Å²) in [6.07, 6.45) is 1.58. The first-order valence-electron chi connectivity index (χ1n) is 7.71. The van der Waals surface area contributed by atoms with Crippen LogP contribution in [0.5, 0.6) is 5.75 Å². The van der Waals surface area contributed by atoms with Crippen LogP contribution < -0.4 is 16.0 Å². The fraction of sp³-hybridized carbons (Fsp3) is 0.111. The molecular weight excluding hydrogens is 358 g/mol. The molecule has 0 bridgehead atoms. The zero-order valence-corrected chi connectivity index (χ0v) is 14.1. The predicted octanol–water partition coefficient (Wildman–Crippen LogP) is 2.64. The molecule has 9 heteroatoms. The summed E-state index contributed by atoms with van der Waals surface area (Å²) in [6, 6.07) is 5.31. The number of nitrogens with zero attached hydrogens (tertiary/aromatic N) is 3. The van der Waals surface area contributed by atoms with Crippen molar-refractivity contribution in [3.8, 4) is 22.7 Å². The van der Waals surface area contributed by atoms with Gasteiger partial charge < -0.3 is 10.5 Å². The molecule has 27 heavy (non-hydrogen) atoms. The maximum Gasteiger partial charge on any atom is 0.280 e. The summed E-state index contributed by atoms with van der Waals surface area (Å²) in [6.45, 7) is 0. The van der Waals surface area contributed by atoms with E-state index in [0.717, 1.165) is 12.3 Å². The third-order valence-corrected chi connectivity index (χ3v) is 3.86. The van der Waals surface area contributed by atoms with E-state index >= 15 is 0 Å². The largest absolute Gasteiger partial charge is 0.494 e. The number of carbonyl (C=O) groups excluding carboxylic acids is 1. The molecular formula is C18H14F2N4O3. The highest BCUT2D eigenvalue weighted by Crippen LogP contribution is 2.34. The van der Waals surface area contributed by atoms with Gasteiger partial charge in [0, 0.05) is 40.8 Å². The fourth-order valence-electron chi connectivity index (χ4n) is 2.55. The summed E-state index contributed by atoms with van der Waals surface area (Å²) in [5, 5.41) is 0. The van der Waals surface area contributed by atoms with E-state index in [1.54, 1.807) is 0 Å². The Hall–Kier alpha value is -3.62. The number of aromatic nitrogens is 3. The maximum atomic E-state index is 13.1. The van der Waals surface area contributed by atoms with Crippen molar-refractivity contribution in [1.82, 2.24) is 14.5 Å². The Balaban J connectivity index is 2.25. The van der Waals surface area contributed by atoms with E-state index in [-0.39, 0.29) is 28.3 Å². The van der Waals surface area contributed by atoms with Gasteiger partial charge in [-0.15, -0.1) is 0 Å². The summed E-state index contributed by atoms with van der Waals surface area (Å²) in [5.41, 5.74) is 5.63. The van der Waals surface area contributed by atoms with Gasteiger partial charge in [-0.05, 0) is 18.2 Å². The molecule has 0 aliphatic rings. The number of ether oxygens (including phenoxy) is 1. The van der Waals surface area contributed by atoms with Gasteiger partial charge in [0.2, 0.25) is 0 Å². The van der Waals surface area contributed by atoms with Crippen LogP contribution in [0, 0.1) is 0 Å². The smallest absolute Gasteiger partial charge is 0.280 e. The van der Waals surface area contributed by atoms with Crippen molar-refractivity contribution < 1.29 is 18.3 Å². The van der Waals surface area contributed by atoms with Gasteiger partial charge in [-0.1, -0.05) is 0 Å². The Bertz CT molecular complexity index is 1070. The Morgan fingerprint density at radius 2 is 1.96 bits per heavy atom. The summed E-state index contributed by atoms with van der Waals surface area (Å²) in [5.74, 6) is 0.391. The monoisotopic (exact) mass is 372 g/mol. The molecule has 0 spiro atoms. The van der Waals surface area contributed by atoms with Crippen LogP contribution in [0.1, 0.15) is 22.5 Å². The number of hydrogen-bond donors (Lipinski definition) is 1. The van der Waals surface area contributed by atoms with E-state index in [2.05, 4.69) is 9.97 Å². The Morgan fingerprint density at radius 3 is 2.59 bits per heavy atom. The molecule has 0 radical (unpaired) electrons.